The molecule has 0 heterocycles. The van der Waals surface area contributed by atoms with E-state index in [2.05, 4.69) is 5.43 Å². The van der Waals surface area contributed by atoms with E-state index in [9.17, 15) is 8.42 Å². The molecule has 8 heteroatoms. The average molecular weight is 298 g/mol. The van der Waals surface area contributed by atoms with Gasteiger partial charge in [0.2, 0.25) is 10.0 Å². The Morgan fingerprint density at radius 3 is 2.70 bits per heavy atom. The summed E-state index contributed by atoms with van der Waals surface area (Å²) in [6.45, 7) is 0.545. The zero-order valence-electron chi connectivity index (χ0n) is 11.2. The average Bonchev–Trinajstić information content (AvgIpc) is 2.47. The summed E-state index contributed by atoms with van der Waals surface area (Å²) in [7, 11) is -2.24. The zero-order chi connectivity index (χ0) is 15.0. The van der Waals surface area contributed by atoms with Crippen LogP contribution >= 0.6 is 0 Å². The highest BCUT2D eigenvalue weighted by atomic mass is 32.2. The third kappa shape index (κ3) is 3.91. The van der Waals surface area contributed by atoms with Crippen LogP contribution < -0.4 is 11.3 Å². The topological polar surface area (TPSA) is 108 Å². The molecule has 20 heavy (non-hydrogen) atoms. The Kier molecular flexibility index (Phi) is 6.41. The maximum absolute atomic E-state index is 12.6. The van der Waals surface area contributed by atoms with Crippen LogP contribution in [0.15, 0.2) is 29.2 Å². The van der Waals surface area contributed by atoms with Gasteiger partial charge in [0.1, 0.15) is 4.90 Å². The van der Waals surface area contributed by atoms with Gasteiger partial charge in [0, 0.05) is 26.6 Å². The number of sulfonamides is 1. The Morgan fingerprint density at radius 1 is 1.40 bits per heavy atom. The van der Waals surface area contributed by atoms with Crippen molar-refractivity contribution >= 4 is 15.7 Å². The summed E-state index contributed by atoms with van der Waals surface area (Å²) < 4.78 is 31.3. The van der Waals surface area contributed by atoms with Gasteiger partial charge in [-0.1, -0.05) is 12.1 Å². The number of nitrogen functional groups attached to an aromatic ring is 1. The fraction of sp³-hybridized carbons (Fsp3) is 0.417. The Bertz CT molecular complexity index is 568. The maximum Gasteiger partial charge on any atom is 0.245 e. The van der Waals surface area contributed by atoms with Crippen LogP contribution in [-0.2, 0) is 14.8 Å². The molecule has 0 saturated heterocycles. The lowest BCUT2D eigenvalue weighted by Gasteiger charge is -2.22. The molecule has 0 aliphatic rings. The minimum Gasteiger partial charge on any atom is -0.383 e. The van der Waals surface area contributed by atoms with Crippen LogP contribution in [0.2, 0.25) is 0 Å². The summed E-state index contributed by atoms with van der Waals surface area (Å²) in [6.07, 6.45) is 0.112. The van der Waals surface area contributed by atoms with Crippen LogP contribution in [0.1, 0.15) is 6.42 Å². The molecule has 0 amide bonds. The first kappa shape index (κ1) is 16.4. The minimum absolute atomic E-state index is 0.0801. The number of hydrazine groups is 1. The standard InChI is InChI=1S/C12H18N4O3S/c1-19-10-9-16(8-4-7-13)20(17,18)12-6-3-2-5-11(12)15-14/h2-3,5-6,15H,4,8-10,14H2,1H3. The first-order valence-electron chi connectivity index (χ1n) is 5.99. The fourth-order valence-corrected chi connectivity index (χ4v) is 3.25. The van der Waals surface area contributed by atoms with Crippen LogP contribution in [0.25, 0.3) is 0 Å². The number of hydrogen-bond donors (Lipinski definition) is 2. The Hall–Kier alpha value is -1.66. The number of nitrogens with one attached hydrogen (secondary N) is 1. The van der Waals surface area contributed by atoms with Crippen molar-refractivity contribution < 1.29 is 13.2 Å². The molecule has 110 valence electrons. The van der Waals surface area contributed by atoms with Crippen LogP contribution in [0, 0.1) is 11.3 Å². The highest BCUT2D eigenvalue weighted by Crippen LogP contribution is 2.23. The highest BCUT2D eigenvalue weighted by molar-refractivity contribution is 7.89. The van der Waals surface area contributed by atoms with Crippen molar-refractivity contribution in [2.45, 2.75) is 11.3 Å². The second-order valence-electron chi connectivity index (χ2n) is 3.95. The number of benzene rings is 1. The van der Waals surface area contributed by atoms with Gasteiger partial charge in [0.25, 0.3) is 0 Å². The van der Waals surface area contributed by atoms with E-state index in [0.717, 1.165) is 0 Å². The Labute approximate surface area is 119 Å². The van der Waals surface area contributed by atoms with Gasteiger partial charge in [-0.2, -0.15) is 9.57 Å². The van der Waals surface area contributed by atoms with Gasteiger partial charge in [-0.25, -0.2) is 8.42 Å². The molecular weight excluding hydrogens is 280 g/mol. The third-order valence-corrected chi connectivity index (χ3v) is 4.64. The van der Waals surface area contributed by atoms with Crippen molar-refractivity contribution in [3.8, 4) is 6.07 Å². The minimum atomic E-state index is -3.73. The molecule has 0 aliphatic heterocycles. The maximum atomic E-state index is 12.6. The summed E-state index contributed by atoms with van der Waals surface area (Å²) >= 11 is 0. The number of anilines is 1. The predicted octanol–water partition coefficient (Wildman–Crippen LogP) is 0.523. The van der Waals surface area contributed by atoms with E-state index in [1.54, 1.807) is 18.2 Å². The molecule has 0 aliphatic carbocycles. The van der Waals surface area contributed by atoms with Crippen LogP contribution in [0.3, 0.4) is 0 Å². The van der Waals surface area contributed by atoms with E-state index in [4.69, 9.17) is 15.8 Å². The number of rotatable bonds is 8. The number of ether oxygens (including phenoxy) is 1. The molecule has 0 aromatic heterocycles. The summed E-state index contributed by atoms with van der Waals surface area (Å²) in [5.74, 6) is 5.34. The number of para-hydroxylation sites is 1. The van der Waals surface area contributed by atoms with Gasteiger partial charge in [0.15, 0.2) is 0 Å². The zero-order valence-corrected chi connectivity index (χ0v) is 12.1. The van der Waals surface area contributed by atoms with Crippen molar-refractivity contribution in [1.82, 2.24) is 4.31 Å². The van der Waals surface area contributed by atoms with E-state index < -0.39 is 10.0 Å². The van der Waals surface area contributed by atoms with Gasteiger partial charge in [-0.05, 0) is 12.1 Å². The van der Waals surface area contributed by atoms with E-state index in [1.165, 1.54) is 17.5 Å². The normalized spacial score (nSPS) is 11.3. The lowest BCUT2D eigenvalue weighted by Crippen LogP contribution is -2.35. The lowest BCUT2D eigenvalue weighted by molar-refractivity contribution is 0.179. The molecule has 0 fully saturated rings. The molecule has 3 N–H and O–H groups in total. The third-order valence-electron chi connectivity index (χ3n) is 2.68. The van der Waals surface area contributed by atoms with E-state index in [-0.39, 0.29) is 31.0 Å². The fourth-order valence-electron chi connectivity index (χ4n) is 1.67. The number of nitrogens with zero attached hydrogens (tertiary/aromatic N) is 2. The van der Waals surface area contributed by atoms with Gasteiger partial charge in [0.05, 0.1) is 18.4 Å². The number of methoxy groups -OCH3 is 1. The summed E-state index contributed by atoms with van der Waals surface area (Å²) in [4.78, 5) is 0.0801. The van der Waals surface area contributed by atoms with E-state index >= 15 is 0 Å². The number of nitrogens with two attached hydrogens (primary N) is 1. The molecule has 1 aromatic rings. The first-order valence-corrected chi connectivity index (χ1v) is 7.43. The van der Waals surface area contributed by atoms with Crippen molar-refractivity contribution in [3.63, 3.8) is 0 Å². The largest absolute Gasteiger partial charge is 0.383 e. The molecule has 0 radical (unpaired) electrons. The summed E-state index contributed by atoms with van der Waals surface area (Å²) in [6, 6.07) is 8.28. The van der Waals surface area contributed by atoms with Gasteiger partial charge < -0.3 is 10.2 Å². The molecule has 0 unspecified atom stereocenters. The van der Waals surface area contributed by atoms with Crippen LogP contribution in [0.5, 0.6) is 0 Å². The molecule has 1 aromatic carbocycles. The second kappa shape index (κ2) is 7.81. The lowest BCUT2D eigenvalue weighted by atomic mass is 10.3. The summed E-state index contributed by atoms with van der Waals surface area (Å²) in [5, 5.41) is 8.64. The van der Waals surface area contributed by atoms with Gasteiger partial charge in [-0.3, -0.25) is 5.84 Å². The number of nitriles is 1. The summed E-state index contributed by atoms with van der Waals surface area (Å²) in [5.41, 5.74) is 2.68. The van der Waals surface area contributed by atoms with Crippen LogP contribution in [-0.4, -0.2) is 39.5 Å². The van der Waals surface area contributed by atoms with Gasteiger partial charge >= 0.3 is 0 Å². The molecule has 0 saturated carbocycles. The first-order chi connectivity index (χ1) is 9.57. The molecule has 0 atom stereocenters. The Balaban J connectivity index is 3.11. The molecule has 7 nitrogen and oxygen atoms in total. The second-order valence-corrected chi connectivity index (χ2v) is 5.85. The molecule has 1 rings (SSSR count). The monoisotopic (exact) mass is 298 g/mol. The molecular formula is C12H18N4O3S. The van der Waals surface area contributed by atoms with Crippen molar-refractivity contribution in [3.05, 3.63) is 24.3 Å². The van der Waals surface area contributed by atoms with Crippen molar-refractivity contribution in [2.75, 3.05) is 32.2 Å². The van der Waals surface area contributed by atoms with Crippen LogP contribution in [0.4, 0.5) is 5.69 Å². The highest BCUT2D eigenvalue weighted by Gasteiger charge is 2.26. The van der Waals surface area contributed by atoms with E-state index in [1.807, 2.05) is 6.07 Å². The predicted molar refractivity (Wildman–Crippen MR) is 75.1 cm³/mol. The quantitative estimate of drug-likeness (QED) is 0.535. The SMILES string of the molecule is COCCN(CCC#N)S(=O)(=O)c1ccccc1NN. The molecule has 0 bridgehead atoms. The molecule has 0 spiro atoms. The Morgan fingerprint density at radius 2 is 2.10 bits per heavy atom. The number of hydrogen-bond acceptors (Lipinski definition) is 6. The van der Waals surface area contributed by atoms with Crippen molar-refractivity contribution in [1.29, 1.82) is 5.26 Å². The van der Waals surface area contributed by atoms with Crippen molar-refractivity contribution in [2.24, 2.45) is 5.84 Å². The smallest absolute Gasteiger partial charge is 0.245 e. The van der Waals surface area contributed by atoms with Gasteiger partial charge in [-0.15, -0.1) is 0 Å². The van der Waals surface area contributed by atoms with E-state index in [0.29, 0.717) is 5.69 Å².